The maximum absolute atomic E-state index is 12.9. The minimum absolute atomic E-state index is 0.106. The molecule has 1 amide bonds. The molecule has 0 spiro atoms. The Morgan fingerprint density at radius 1 is 1.24 bits per heavy atom. The summed E-state index contributed by atoms with van der Waals surface area (Å²) in [6.07, 6.45) is 0.964. The number of hydrogen-bond donors (Lipinski definition) is 0. The van der Waals surface area contributed by atoms with Gasteiger partial charge in [-0.05, 0) is 31.5 Å². The van der Waals surface area contributed by atoms with E-state index in [4.69, 9.17) is 4.52 Å². The van der Waals surface area contributed by atoms with Crippen LogP contribution in [0.2, 0.25) is 0 Å². The molecule has 1 fully saturated rings. The van der Waals surface area contributed by atoms with Gasteiger partial charge in [-0.2, -0.15) is 0 Å². The van der Waals surface area contributed by atoms with Gasteiger partial charge in [-0.3, -0.25) is 9.69 Å². The van der Waals surface area contributed by atoms with E-state index in [0.29, 0.717) is 0 Å². The summed E-state index contributed by atoms with van der Waals surface area (Å²) in [5.74, 6) is 0.939. The summed E-state index contributed by atoms with van der Waals surface area (Å²) in [6.45, 7) is 6.00. The number of fused-ring (bicyclic) bond motifs is 1. The van der Waals surface area contributed by atoms with E-state index in [1.165, 1.54) is 0 Å². The monoisotopic (exact) mass is 356 g/mol. The predicted octanol–water partition coefficient (Wildman–Crippen LogP) is 2.94. The Labute approximate surface area is 150 Å². The molecule has 0 saturated carbocycles. The molecule has 0 aliphatic carbocycles. The van der Waals surface area contributed by atoms with Crippen molar-refractivity contribution >= 4 is 27.5 Å². The Kier molecular flexibility index (Phi) is 4.50. The van der Waals surface area contributed by atoms with E-state index in [9.17, 15) is 4.79 Å². The Bertz CT molecular complexity index is 888. The zero-order chi connectivity index (χ0) is 17.2. The Balaban J connectivity index is 1.42. The molecule has 0 atom stereocenters. The number of aryl methyl sites for hydroxylation is 1. The molecule has 3 heterocycles. The number of hydrogen-bond acceptors (Lipinski definition) is 6. The van der Waals surface area contributed by atoms with Crippen LogP contribution in [0.1, 0.15) is 28.2 Å². The molecule has 0 bridgehead atoms. The number of thiazole rings is 1. The van der Waals surface area contributed by atoms with Crippen molar-refractivity contribution in [1.82, 2.24) is 19.9 Å². The van der Waals surface area contributed by atoms with Crippen molar-refractivity contribution in [1.29, 1.82) is 0 Å². The Hall–Kier alpha value is -2.25. The molecule has 1 aromatic carbocycles. The molecule has 0 N–H and O–H groups in total. The van der Waals surface area contributed by atoms with Crippen LogP contribution in [0.5, 0.6) is 0 Å². The van der Waals surface area contributed by atoms with Crippen molar-refractivity contribution in [2.45, 2.75) is 19.9 Å². The van der Waals surface area contributed by atoms with Crippen molar-refractivity contribution in [2.24, 2.45) is 0 Å². The highest BCUT2D eigenvalue weighted by atomic mass is 32.1. The fourth-order valence-corrected chi connectivity index (χ4v) is 3.94. The lowest BCUT2D eigenvalue weighted by atomic mass is 10.2. The van der Waals surface area contributed by atoms with E-state index in [0.717, 1.165) is 66.4 Å². The summed E-state index contributed by atoms with van der Waals surface area (Å²) in [6, 6.07) is 7.73. The summed E-state index contributed by atoms with van der Waals surface area (Å²) in [7, 11) is 0. The normalized spacial score (nSPS) is 16.3. The van der Waals surface area contributed by atoms with Gasteiger partial charge in [-0.15, -0.1) is 11.3 Å². The maximum atomic E-state index is 12.9. The summed E-state index contributed by atoms with van der Waals surface area (Å²) >= 11 is 1.57. The maximum Gasteiger partial charge on any atom is 0.253 e. The van der Waals surface area contributed by atoms with E-state index in [-0.39, 0.29) is 5.91 Å². The first-order valence-electron chi connectivity index (χ1n) is 8.46. The third-order valence-electron chi connectivity index (χ3n) is 4.52. The standard InChI is InChI=1S/C18H20N4O2S/c1-13-9-15(20-24-13)11-21-5-2-6-22(8-7-21)18(23)14-3-4-16-17(10-14)25-12-19-16/h3-4,9-10,12H,2,5-8,11H2,1H3. The van der Waals surface area contributed by atoms with Crippen molar-refractivity contribution in [3.8, 4) is 0 Å². The average Bonchev–Trinajstić information content (AvgIpc) is 3.17. The highest BCUT2D eigenvalue weighted by molar-refractivity contribution is 7.16. The molecule has 0 radical (unpaired) electrons. The smallest absolute Gasteiger partial charge is 0.253 e. The van der Waals surface area contributed by atoms with Crippen LogP contribution in [-0.4, -0.2) is 52.0 Å². The second-order valence-corrected chi connectivity index (χ2v) is 7.27. The fourth-order valence-electron chi connectivity index (χ4n) is 3.22. The van der Waals surface area contributed by atoms with E-state index in [2.05, 4.69) is 15.0 Å². The molecule has 2 aromatic heterocycles. The van der Waals surface area contributed by atoms with Crippen molar-refractivity contribution in [2.75, 3.05) is 26.2 Å². The fraction of sp³-hybridized carbons (Fsp3) is 0.389. The number of benzene rings is 1. The van der Waals surface area contributed by atoms with Gasteiger partial charge in [-0.1, -0.05) is 5.16 Å². The van der Waals surface area contributed by atoms with E-state index in [1.54, 1.807) is 11.3 Å². The summed E-state index contributed by atoms with van der Waals surface area (Å²) in [5.41, 5.74) is 4.46. The summed E-state index contributed by atoms with van der Waals surface area (Å²) in [5, 5.41) is 4.06. The summed E-state index contributed by atoms with van der Waals surface area (Å²) in [4.78, 5) is 21.4. The second kappa shape index (κ2) is 6.93. The van der Waals surface area contributed by atoms with Crippen LogP contribution in [0.25, 0.3) is 10.2 Å². The summed E-state index contributed by atoms with van der Waals surface area (Å²) < 4.78 is 6.20. The quantitative estimate of drug-likeness (QED) is 0.722. The third-order valence-corrected chi connectivity index (χ3v) is 5.31. The number of carbonyl (C=O) groups is 1. The highest BCUT2D eigenvalue weighted by Crippen LogP contribution is 2.20. The molecular formula is C18H20N4O2S. The van der Waals surface area contributed by atoms with E-state index in [1.807, 2.05) is 41.6 Å². The SMILES string of the molecule is Cc1cc(CN2CCCN(C(=O)c3ccc4ncsc4c3)CC2)no1. The van der Waals surface area contributed by atoms with Crippen molar-refractivity contribution in [3.05, 3.63) is 46.8 Å². The first-order valence-corrected chi connectivity index (χ1v) is 9.34. The molecule has 25 heavy (non-hydrogen) atoms. The van der Waals surface area contributed by atoms with Gasteiger partial charge in [0.05, 0.1) is 21.4 Å². The second-order valence-electron chi connectivity index (χ2n) is 6.39. The predicted molar refractivity (Wildman–Crippen MR) is 96.7 cm³/mol. The highest BCUT2D eigenvalue weighted by Gasteiger charge is 2.21. The van der Waals surface area contributed by atoms with Crippen LogP contribution in [0.15, 0.2) is 34.3 Å². The van der Waals surface area contributed by atoms with E-state index < -0.39 is 0 Å². The van der Waals surface area contributed by atoms with Crippen molar-refractivity contribution < 1.29 is 9.32 Å². The molecule has 4 rings (SSSR count). The first kappa shape index (κ1) is 16.2. The van der Waals surface area contributed by atoms with E-state index >= 15 is 0 Å². The van der Waals surface area contributed by atoms with Crippen LogP contribution in [-0.2, 0) is 6.54 Å². The van der Waals surface area contributed by atoms with Gasteiger partial charge < -0.3 is 9.42 Å². The third kappa shape index (κ3) is 3.57. The lowest BCUT2D eigenvalue weighted by Crippen LogP contribution is -2.35. The molecule has 7 heteroatoms. The van der Waals surface area contributed by atoms with Gasteiger partial charge in [0.25, 0.3) is 5.91 Å². The first-order chi connectivity index (χ1) is 12.2. The topological polar surface area (TPSA) is 62.5 Å². The van der Waals surface area contributed by atoms with Crippen LogP contribution < -0.4 is 0 Å². The molecule has 1 aliphatic heterocycles. The Morgan fingerprint density at radius 2 is 2.16 bits per heavy atom. The van der Waals surface area contributed by atoms with Gasteiger partial charge >= 0.3 is 0 Å². The van der Waals surface area contributed by atoms with Gasteiger partial charge in [0.15, 0.2) is 0 Å². The van der Waals surface area contributed by atoms with Crippen LogP contribution >= 0.6 is 11.3 Å². The van der Waals surface area contributed by atoms with Crippen LogP contribution in [0.3, 0.4) is 0 Å². The zero-order valence-electron chi connectivity index (χ0n) is 14.1. The molecule has 1 aliphatic rings. The van der Waals surface area contributed by atoms with Gasteiger partial charge in [0.1, 0.15) is 5.76 Å². The van der Waals surface area contributed by atoms with Crippen molar-refractivity contribution in [3.63, 3.8) is 0 Å². The Morgan fingerprint density at radius 3 is 3.00 bits per heavy atom. The van der Waals surface area contributed by atoms with Crippen LogP contribution in [0, 0.1) is 6.92 Å². The number of rotatable bonds is 3. The molecular weight excluding hydrogens is 336 g/mol. The minimum atomic E-state index is 0.106. The molecule has 0 unspecified atom stereocenters. The zero-order valence-corrected chi connectivity index (χ0v) is 15.0. The van der Waals surface area contributed by atoms with Gasteiger partial charge in [0, 0.05) is 44.4 Å². The number of amides is 1. The molecule has 6 nitrogen and oxygen atoms in total. The molecule has 3 aromatic rings. The lowest BCUT2D eigenvalue weighted by Gasteiger charge is -2.21. The average molecular weight is 356 g/mol. The van der Waals surface area contributed by atoms with Gasteiger partial charge in [-0.25, -0.2) is 4.98 Å². The molecule has 130 valence electrons. The number of aromatic nitrogens is 2. The number of carbonyl (C=O) groups excluding carboxylic acids is 1. The number of nitrogens with zero attached hydrogens (tertiary/aromatic N) is 4. The minimum Gasteiger partial charge on any atom is -0.361 e. The lowest BCUT2D eigenvalue weighted by molar-refractivity contribution is 0.0761. The van der Waals surface area contributed by atoms with Crippen LogP contribution in [0.4, 0.5) is 0 Å². The largest absolute Gasteiger partial charge is 0.361 e. The van der Waals surface area contributed by atoms with Gasteiger partial charge in [0.2, 0.25) is 0 Å². The molecule has 1 saturated heterocycles.